The van der Waals surface area contributed by atoms with Gasteiger partial charge in [0.2, 0.25) is 0 Å². The number of nitrogens with zero attached hydrogens (tertiary/aromatic N) is 2. The molecule has 11 nitrogen and oxygen atoms in total. The van der Waals surface area contributed by atoms with Gasteiger partial charge in [-0.15, -0.1) is 0 Å². The lowest BCUT2D eigenvalue weighted by Gasteiger charge is -2.37. The predicted octanol–water partition coefficient (Wildman–Crippen LogP) is 2.36. The van der Waals surface area contributed by atoms with Gasteiger partial charge >= 0.3 is 17.8 Å². The number of aliphatic carboxylic acids is 1. The molecule has 0 aliphatic heterocycles. The van der Waals surface area contributed by atoms with Crippen LogP contribution in [0.25, 0.3) is 0 Å². The van der Waals surface area contributed by atoms with Crippen molar-refractivity contribution in [3.05, 3.63) is 68.0 Å². The van der Waals surface area contributed by atoms with Crippen LogP contribution in [0.4, 0.5) is 4.79 Å². The number of aryl methyl sites for hydroxylation is 1. The highest BCUT2D eigenvalue weighted by Crippen LogP contribution is 2.27. The van der Waals surface area contributed by atoms with E-state index in [0.29, 0.717) is 11.1 Å². The van der Waals surface area contributed by atoms with Gasteiger partial charge in [0.1, 0.15) is 11.6 Å². The minimum atomic E-state index is -1.22. The lowest BCUT2D eigenvalue weighted by Crippen LogP contribution is -2.54. The molecule has 11 heteroatoms. The SMILES string of the molecule is Cc1cn(Cc2ccccc2C(=O)N(CCNC(=O)OC(C)(C)C)C(C(=O)O)C(C)(C)C)c(=O)[nH]c1=O. The molecule has 0 spiro atoms. The van der Waals surface area contributed by atoms with Gasteiger partial charge in [0.25, 0.3) is 11.5 Å². The highest BCUT2D eigenvalue weighted by atomic mass is 16.6. The highest BCUT2D eigenvalue weighted by molar-refractivity contribution is 5.98. The second-order valence-electron chi connectivity index (χ2n) is 10.9. The summed E-state index contributed by atoms with van der Waals surface area (Å²) in [5.41, 5.74) is -1.69. The average molecular weight is 517 g/mol. The summed E-state index contributed by atoms with van der Waals surface area (Å²) in [4.78, 5) is 65.8. The lowest BCUT2D eigenvalue weighted by molar-refractivity contribution is -0.146. The van der Waals surface area contributed by atoms with E-state index in [4.69, 9.17) is 4.74 Å². The second-order valence-corrected chi connectivity index (χ2v) is 10.9. The maximum Gasteiger partial charge on any atom is 0.407 e. The Morgan fingerprint density at radius 2 is 1.73 bits per heavy atom. The normalized spacial score (nSPS) is 12.5. The summed E-state index contributed by atoms with van der Waals surface area (Å²) < 4.78 is 6.50. The molecule has 0 radical (unpaired) electrons. The number of rotatable bonds is 8. The predicted molar refractivity (Wildman–Crippen MR) is 138 cm³/mol. The van der Waals surface area contributed by atoms with E-state index in [0.717, 1.165) is 0 Å². The summed E-state index contributed by atoms with van der Waals surface area (Å²) in [5.74, 6) is -1.76. The van der Waals surface area contributed by atoms with Crippen LogP contribution in [-0.2, 0) is 16.1 Å². The number of carbonyl (C=O) groups is 3. The van der Waals surface area contributed by atoms with E-state index in [-0.39, 0.29) is 25.2 Å². The summed E-state index contributed by atoms with van der Waals surface area (Å²) in [6, 6.07) is 5.33. The Morgan fingerprint density at radius 3 is 2.30 bits per heavy atom. The Balaban J connectivity index is 2.44. The van der Waals surface area contributed by atoms with Crippen molar-refractivity contribution in [1.82, 2.24) is 19.8 Å². The van der Waals surface area contributed by atoms with Crippen molar-refractivity contribution in [3.8, 4) is 0 Å². The van der Waals surface area contributed by atoms with Crippen molar-refractivity contribution in [1.29, 1.82) is 0 Å². The number of nitrogens with one attached hydrogen (secondary N) is 2. The van der Waals surface area contributed by atoms with E-state index in [1.807, 2.05) is 0 Å². The Kier molecular flexibility index (Phi) is 9.08. The van der Waals surface area contributed by atoms with Crippen LogP contribution in [0.2, 0.25) is 0 Å². The van der Waals surface area contributed by atoms with Crippen LogP contribution in [0.3, 0.4) is 0 Å². The number of carboxylic acid groups (broad SMARTS) is 1. The van der Waals surface area contributed by atoms with Crippen LogP contribution in [-0.4, -0.2) is 62.3 Å². The largest absolute Gasteiger partial charge is 0.480 e. The molecule has 1 unspecified atom stereocenters. The van der Waals surface area contributed by atoms with Gasteiger partial charge in [-0.2, -0.15) is 0 Å². The molecule has 202 valence electrons. The number of aromatic nitrogens is 2. The summed E-state index contributed by atoms with van der Waals surface area (Å²) >= 11 is 0. The minimum absolute atomic E-state index is 0.0182. The number of carbonyl (C=O) groups excluding carboxylic acids is 2. The maximum absolute atomic E-state index is 13.8. The fourth-order valence-electron chi connectivity index (χ4n) is 3.85. The molecule has 2 amide bonds. The first-order chi connectivity index (χ1) is 17.0. The zero-order chi connectivity index (χ0) is 28.1. The molecule has 0 saturated carbocycles. The Labute approximate surface area is 215 Å². The number of hydrogen-bond acceptors (Lipinski definition) is 6. The third kappa shape index (κ3) is 8.06. The summed E-state index contributed by atoms with van der Waals surface area (Å²) in [7, 11) is 0. The van der Waals surface area contributed by atoms with Gasteiger partial charge in [0, 0.05) is 30.4 Å². The van der Waals surface area contributed by atoms with Crippen molar-refractivity contribution in [2.24, 2.45) is 5.41 Å². The molecule has 0 aliphatic rings. The molecule has 2 aromatic rings. The van der Waals surface area contributed by atoms with Crippen molar-refractivity contribution in [2.75, 3.05) is 13.1 Å². The fraction of sp³-hybridized carbons (Fsp3) is 0.500. The second kappa shape index (κ2) is 11.4. The molecule has 1 aromatic carbocycles. The van der Waals surface area contributed by atoms with Crippen molar-refractivity contribution in [3.63, 3.8) is 0 Å². The monoisotopic (exact) mass is 516 g/mol. The summed E-state index contributed by atoms with van der Waals surface area (Å²) in [5, 5.41) is 12.6. The molecule has 0 aliphatic carbocycles. The molecule has 1 aromatic heterocycles. The van der Waals surface area contributed by atoms with E-state index >= 15 is 0 Å². The molecule has 3 N–H and O–H groups in total. The summed E-state index contributed by atoms with van der Waals surface area (Å²) in [6.45, 7) is 11.7. The molecular weight excluding hydrogens is 480 g/mol. The van der Waals surface area contributed by atoms with Crippen molar-refractivity contribution >= 4 is 18.0 Å². The Bertz CT molecular complexity index is 1270. The van der Waals surface area contributed by atoms with Gasteiger partial charge in [-0.25, -0.2) is 14.4 Å². The molecule has 1 atom stereocenters. The van der Waals surface area contributed by atoms with Gasteiger partial charge in [-0.05, 0) is 44.7 Å². The molecule has 2 rings (SSSR count). The first-order valence-corrected chi connectivity index (χ1v) is 11.9. The Morgan fingerprint density at radius 1 is 1.11 bits per heavy atom. The van der Waals surface area contributed by atoms with Crippen LogP contribution >= 0.6 is 0 Å². The number of alkyl carbamates (subject to hydrolysis) is 1. The molecule has 37 heavy (non-hydrogen) atoms. The van der Waals surface area contributed by atoms with Gasteiger partial charge < -0.3 is 20.1 Å². The van der Waals surface area contributed by atoms with Gasteiger partial charge in [0.05, 0.1) is 6.54 Å². The van der Waals surface area contributed by atoms with E-state index in [9.17, 15) is 29.1 Å². The van der Waals surface area contributed by atoms with E-state index in [1.165, 1.54) is 15.7 Å². The van der Waals surface area contributed by atoms with Crippen molar-refractivity contribution < 1.29 is 24.2 Å². The molecule has 0 saturated heterocycles. The number of aromatic amines is 1. The molecular formula is C26H36N4O7. The minimum Gasteiger partial charge on any atom is -0.480 e. The quantitative estimate of drug-likeness (QED) is 0.487. The van der Waals surface area contributed by atoms with Crippen LogP contribution in [0.5, 0.6) is 0 Å². The first kappa shape index (κ1) is 29.3. The van der Waals surface area contributed by atoms with E-state index in [2.05, 4.69) is 10.3 Å². The van der Waals surface area contributed by atoms with E-state index in [1.54, 1.807) is 72.7 Å². The summed E-state index contributed by atoms with van der Waals surface area (Å²) in [6.07, 6.45) is 0.718. The molecule has 1 heterocycles. The highest BCUT2D eigenvalue weighted by Gasteiger charge is 2.39. The van der Waals surface area contributed by atoms with Gasteiger partial charge in [-0.1, -0.05) is 39.0 Å². The number of hydrogen-bond donors (Lipinski definition) is 3. The number of amides is 2. The molecule has 0 bridgehead atoms. The lowest BCUT2D eigenvalue weighted by atomic mass is 9.85. The number of carboxylic acids is 1. The first-order valence-electron chi connectivity index (χ1n) is 11.9. The van der Waals surface area contributed by atoms with Crippen LogP contribution in [0, 0.1) is 12.3 Å². The zero-order valence-corrected chi connectivity index (χ0v) is 22.4. The smallest absolute Gasteiger partial charge is 0.407 e. The van der Waals surface area contributed by atoms with Crippen LogP contribution in [0.1, 0.15) is 63.0 Å². The number of H-pyrrole nitrogens is 1. The number of benzene rings is 1. The average Bonchev–Trinajstić information content (AvgIpc) is 2.74. The van der Waals surface area contributed by atoms with Crippen LogP contribution < -0.4 is 16.6 Å². The van der Waals surface area contributed by atoms with E-state index < -0.39 is 46.3 Å². The number of ether oxygens (including phenoxy) is 1. The topological polar surface area (TPSA) is 151 Å². The van der Waals surface area contributed by atoms with Gasteiger partial charge in [-0.3, -0.25) is 19.1 Å². The maximum atomic E-state index is 13.8. The fourth-order valence-corrected chi connectivity index (χ4v) is 3.85. The third-order valence-electron chi connectivity index (χ3n) is 5.43. The standard InChI is InChI=1S/C26H36N4O7/c1-16-14-29(23(35)28-20(16)31)15-17-10-8-9-11-18(17)21(32)30(19(22(33)34)25(2,3)4)13-12-27-24(36)37-26(5,6)7/h8-11,14,19H,12-13,15H2,1-7H3,(H,27,36)(H,33,34)(H,28,31,35). The molecule has 0 fully saturated rings. The third-order valence-corrected chi connectivity index (χ3v) is 5.43. The van der Waals surface area contributed by atoms with Crippen molar-refractivity contribution in [2.45, 2.75) is 66.7 Å². The van der Waals surface area contributed by atoms with Gasteiger partial charge in [0.15, 0.2) is 0 Å². The van der Waals surface area contributed by atoms with Crippen LogP contribution in [0.15, 0.2) is 40.1 Å². The zero-order valence-electron chi connectivity index (χ0n) is 22.4. The Hall–Kier alpha value is -3.89.